The van der Waals surface area contributed by atoms with Crippen LogP contribution < -0.4 is 5.32 Å². The number of aryl methyl sites for hydroxylation is 1. The summed E-state index contributed by atoms with van der Waals surface area (Å²) >= 11 is 0. The molecule has 0 amide bonds. The molecule has 1 aromatic rings. The summed E-state index contributed by atoms with van der Waals surface area (Å²) < 4.78 is 10.8. The van der Waals surface area contributed by atoms with Gasteiger partial charge in [0.05, 0.1) is 32.1 Å². The second kappa shape index (κ2) is 7.59. The zero-order valence-electron chi connectivity index (χ0n) is 11.5. The third-order valence-electron chi connectivity index (χ3n) is 3.18. The van der Waals surface area contributed by atoms with Gasteiger partial charge in [-0.25, -0.2) is 4.98 Å². The monoisotopic (exact) mass is 269 g/mol. The smallest absolute Gasteiger partial charge is 0.208 e. The minimum atomic E-state index is -0.376. The van der Waals surface area contributed by atoms with Gasteiger partial charge in [0.2, 0.25) is 5.89 Å². The second-order valence-electron chi connectivity index (χ2n) is 4.77. The van der Waals surface area contributed by atoms with Gasteiger partial charge in [0.15, 0.2) is 0 Å². The summed E-state index contributed by atoms with van der Waals surface area (Å²) in [5.74, 6) is 1.57. The van der Waals surface area contributed by atoms with E-state index in [-0.39, 0.29) is 6.10 Å². The van der Waals surface area contributed by atoms with Crippen molar-refractivity contribution in [2.24, 2.45) is 0 Å². The molecule has 2 heterocycles. The number of aromatic nitrogens is 1. The Morgan fingerprint density at radius 2 is 2.26 bits per heavy atom. The second-order valence-corrected chi connectivity index (χ2v) is 4.77. The Morgan fingerprint density at radius 3 is 2.95 bits per heavy atom. The van der Waals surface area contributed by atoms with E-state index in [0.717, 1.165) is 38.5 Å². The number of aliphatic hydroxyl groups excluding tert-OH is 1. The van der Waals surface area contributed by atoms with E-state index in [1.807, 2.05) is 6.92 Å². The summed E-state index contributed by atoms with van der Waals surface area (Å²) in [5, 5.41) is 13.1. The first kappa shape index (κ1) is 14.5. The van der Waals surface area contributed by atoms with Gasteiger partial charge in [-0.1, -0.05) is 6.92 Å². The zero-order valence-corrected chi connectivity index (χ0v) is 11.5. The maximum atomic E-state index is 9.93. The third kappa shape index (κ3) is 4.91. The molecule has 0 bridgehead atoms. The van der Waals surface area contributed by atoms with E-state index in [4.69, 9.17) is 9.15 Å². The summed E-state index contributed by atoms with van der Waals surface area (Å²) in [4.78, 5) is 6.38. The Bertz CT molecular complexity index is 364. The molecule has 0 radical (unpaired) electrons. The van der Waals surface area contributed by atoms with Gasteiger partial charge in [-0.3, -0.25) is 4.90 Å². The summed E-state index contributed by atoms with van der Waals surface area (Å²) in [5.41, 5.74) is 0. The van der Waals surface area contributed by atoms with Gasteiger partial charge in [0.1, 0.15) is 5.76 Å². The fourth-order valence-corrected chi connectivity index (χ4v) is 2.09. The quantitative estimate of drug-likeness (QED) is 0.727. The number of oxazole rings is 1. The fraction of sp³-hybridized carbons (Fsp3) is 0.769. The van der Waals surface area contributed by atoms with Gasteiger partial charge >= 0.3 is 0 Å². The van der Waals surface area contributed by atoms with E-state index in [2.05, 4.69) is 15.2 Å². The lowest BCUT2D eigenvalue weighted by molar-refractivity contribution is 0.0148. The Labute approximate surface area is 113 Å². The van der Waals surface area contributed by atoms with E-state index >= 15 is 0 Å². The largest absolute Gasteiger partial charge is 0.444 e. The van der Waals surface area contributed by atoms with Crippen LogP contribution in [0.5, 0.6) is 0 Å². The van der Waals surface area contributed by atoms with Crippen LogP contribution in [-0.2, 0) is 17.7 Å². The molecule has 19 heavy (non-hydrogen) atoms. The molecule has 0 saturated carbocycles. The zero-order chi connectivity index (χ0) is 13.5. The average Bonchev–Trinajstić information content (AvgIpc) is 2.88. The Balaban J connectivity index is 1.61. The average molecular weight is 269 g/mol. The van der Waals surface area contributed by atoms with Crippen LogP contribution in [0.3, 0.4) is 0 Å². The van der Waals surface area contributed by atoms with Crippen molar-refractivity contribution in [1.29, 1.82) is 0 Å². The molecular weight excluding hydrogens is 246 g/mol. The van der Waals surface area contributed by atoms with Crippen LogP contribution in [0, 0.1) is 0 Å². The molecule has 2 N–H and O–H groups in total. The number of hydrogen-bond donors (Lipinski definition) is 2. The van der Waals surface area contributed by atoms with Crippen LogP contribution in [0.15, 0.2) is 10.6 Å². The minimum Gasteiger partial charge on any atom is -0.444 e. The molecule has 0 aliphatic carbocycles. The van der Waals surface area contributed by atoms with Gasteiger partial charge in [-0.2, -0.15) is 0 Å². The van der Waals surface area contributed by atoms with Crippen molar-refractivity contribution in [3.8, 4) is 0 Å². The molecule has 1 fully saturated rings. The predicted molar refractivity (Wildman–Crippen MR) is 70.9 cm³/mol. The number of nitrogens with zero attached hydrogens (tertiary/aromatic N) is 2. The third-order valence-corrected chi connectivity index (χ3v) is 3.18. The molecule has 6 heteroatoms. The first-order valence-electron chi connectivity index (χ1n) is 6.90. The van der Waals surface area contributed by atoms with E-state index in [1.54, 1.807) is 6.20 Å². The number of rotatable bonds is 7. The van der Waals surface area contributed by atoms with Crippen molar-refractivity contribution in [3.05, 3.63) is 17.8 Å². The molecular formula is C13H23N3O3. The lowest BCUT2D eigenvalue weighted by atomic mass is 10.3. The molecule has 6 nitrogen and oxygen atoms in total. The van der Waals surface area contributed by atoms with Crippen molar-refractivity contribution >= 4 is 0 Å². The Morgan fingerprint density at radius 1 is 1.47 bits per heavy atom. The topological polar surface area (TPSA) is 70.8 Å². The van der Waals surface area contributed by atoms with Gasteiger partial charge in [-0.15, -0.1) is 0 Å². The number of hydrogen-bond acceptors (Lipinski definition) is 6. The molecule has 2 rings (SSSR count). The van der Waals surface area contributed by atoms with Crippen LogP contribution in [-0.4, -0.2) is 60.5 Å². The fourth-order valence-electron chi connectivity index (χ4n) is 2.09. The Hall–Kier alpha value is -0.950. The highest BCUT2D eigenvalue weighted by atomic mass is 16.5. The van der Waals surface area contributed by atoms with E-state index in [9.17, 15) is 5.11 Å². The minimum absolute atomic E-state index is 0.376. The number of morpholine rings is 1. The molecule has 1 unspecified atom stereocenters. The van der Waals surface area contributed by atoms with Gasteiger partial charge in [0.25, 0.3) is 0 Å². The van der Waals surface area contributed by atoms with Gasteiger partial charge in [0, 0.05) is 32.6 Å². The van der Waals surface area contributed by atoms with E-state index < -0.39 is 0 Å². The van der Waals surface area contributed by atoms with Crippen molar-refractivity contribution in [2.75, 3.05) is 39.4 Å². The van der Waals surface area contributed by atoms with Crippen LogP contribution in [0.1, 0.15) is 18.6 Å². The maximum Gasteiger partial charge on any atom is 0.208 e. The lowest BCUT2D eigenvalue weighted by Crippen LogP contribution is -2.43. The molecule has 1 atom stereocenters. The van der Waals surface area contributed by atoms with Crippen LogP contribution in [0.25, 0.3) is 0 Å². The van der Waals surface area contributed by atoms with E-state index in [0.29, 0.717) is 25.5 Å². The van der Waals surface area contributed by atoms with Crippen molar-refractivity contribution in [2.45, 2.75) is 26.0 Å². The Kier molecular flexibility index (Phi) is 5.78. The molecule has 108 valence electrons. The number of β-amino-alcohol motifs (C(OH)–C–C–N with tert-alkyl or cyclic N) is 1. The molecule has 1 aliphatic heterocycles. The lowest BCUT2D eigenvalue weighted by Gasteiger charge is -2.28. The van der Waals surface area contributed by atoms with Crippen LogP contribution in [0.4, 0.5) is 0 Å². The SMILES string of the molecule is CCc1cnc(CNCC(O)CN2CCOCC2)o1. The van der Waals surface area contributed by atoms with Crippen LogP contribution >= 0.6 is 0 Å². The summed E-state index contributed by atoms with van der Waals surface area (Å²) in [6.45, 7) is 7.13. The standard InChI is InChI=1S/C13H23N3O3/c1-2-12-8-15-13(19-12)9-14-7-11(17)10-16-3-5-18-6-4-16/h8,11,14,17H,2-7,9-10H2,1H3. The summed E-state index contributed by atoms with van der Waals surface area (Å²) in [7, 11) is 0. The molecule has 1 aliphatic rings. The molecule has 1 aromatic heterocycles. The van der Waals surface area contributed by atoms with Gasteiger partial charge < -0.3 is 19.6 Å². The number of nitrogens with one attached hydrogen (secondary N) is 1. The first-order chi connectivity index (χ1) is 9.28. The number of aliphatic hydroxyl groups is 1. The van der Waals surface area contributed by atoms with Crippen molar-refractivity contribution < 1.29 is 14.3 Å². The van der Waals surface area contributed by atoms with Crippen molar-refractivity contribution in [1.82, 2.24) is 15.2 Å². The molecule has 1 saturated heterocycles. The maximum absolute atomic E-state index is 9.93. The highest BCUT2D eigenvalue weighted by Gasteiger charge is 2.14. The normalized spacial score (nSPS) is 18.6. The molecule has 0 spiro atoms. The summed E-state index contributed by atoms with van der Waals surface area (Å²) in [6.07, 6.45) is 2.23. The van der Waals surface area contributed by atoms with E-state index in [1.165, 1.54) is 0 Å². The van der Waals surface area contributed by atoms with Crippen LogP contribution in [0.2, 0.25) is 0 Å². The highest BCUT2D eigenvalue weighted by molar-refractivity contribution is 4.93. The molecule has 0 aromatic carbocycles. The predicted octanol–water partition coefficient (Wildman–Crippen LogP) is 0.0197. The summed E-state index contributed by atoms with van der Waals surface area (Å²) in [6, 6.07) is 0. The highest BCUT2D eigenvalue weighted by Crippen LogP contribution is 2.03. The van der Waals surface area contributed by atoms with Crippen molar-refractivity contribution in [3.63, 3.8) is 0 Å². The number of ether oxygens (including phenoxy) is 1. The van der Waals surface area contributed by atoms with Gasteiger partial charge in [-0.05, 0) is 0 Å². The first-order valence-corrected chi connectivity index (χ1v) is 6.90.